The third kappa shape index (κ3) is 4.78. The van der Waals surface area contributed by atoms with E-state index in [1.165, 1.54) is 38.6 Å². The average Bonchev–Trinajstić information content (AvgIpc) is 3.15. The van der Waals surface area contributed by atoms with Crippen LogP contribution in [0.5, 0.6) is 17.2 Å². The van der Waals surface area contributed by atoms with Crippen LogP contribution in [0.4, 0.5) is 0 Å². The molecule has 3 rings (SSSR count). The van der Waals surface area contributed by atoms with Crippen molar-refractivity contribution in [3.8, 4) is 17.2 Å². The van der Waals surface area contributed by atoms with E-state index in [2.05, 4.69) is 10.5 Å². The maximum Gasteiger partial charge on any atom is 0.255 e. The van der Waals surface area contributed by atoms with Crippen molar-refractivity contribution in [1.82, 2.24) is 9.73 Å². The van der Waals surface area contributed by atoms with E-state index < -0.39 is 22.5 Å². The Labute approximate surface area is 172 Å². The fourth-order valence-corrected chi connectivity index (χ4v) is 3.96. The molecule has 0 atom stereocenters. The molecule has 0 fully saturated rings. The second kappa shape index (κ2) is 8.68. The van der Waals surface area contributed by atoms with Gasteiger partial charge in [-0.05, 0) is 42.0 Å². The molecular weight excluding hydrogens is 422 g/mol. The normalized spacial score (nSPS) is 13.1. The molecule has 0 unspecified atom stereocenters. The van der Waals surface area contributed by atoms with Crippen LogP contribution < -0.4 is 19.6 Å². The Morgan fingerprint density at radius 3 is 2.76 bits per heavy atom. The number of halogens is 1. The van der Waals surface area contributed by atoms with Crippen LogP contribution in [0.1, 0.15) is 5.56 Å². The van der Waals surface area contributed by atoms with Gasteiger partial charge in [0.2, 0.25) is 16.8 Å². The number of carbonyl (C=O) groups is 1. The highest BCUT2D eigenvalue weighted by atomic mass is 35.5. The number of methoxy groups -OCH3 is 1. The Balaban J connectivity index is 1.60. The van der Waals surface area contributed by atoms with E-state index >= 15 is 0 Å². The van der Waals surface area contributed by atoms with Crippen molar-refractivity contribution in [2.75, 3.05) is 27.5 Å². The lowest BCUT2D eigenvalue weighted by Gasteiger charge is -2.16. The van der Waals surface area contributed by atoms with Gasteiger partial charge in [0.15, 0.2) is 11.5 Å². The van der Waals surface area contributed by atoms with Crippen LogP contribution in [-0.4, -0.2) is 52.3 Å². The molecule has 29 heavy (non-hydrogen) atoms. The molecule has 2 aromatic carbocycles. The molecule has 154 valence electrons. The number of likely N-dealkylation sites (N-methyl/N-ethyl adjacent to an activating group) is 1. The van der Waals surface area contributed by atoms with Gasteiger partial charge in [0.05, 0.1) is 29.8 Å². The number of carbonyl (C=O) groups excluding carboxylic acids is 1. The summed E-state index contributed by atoms with van der Waals surface area (Å²) < 4.78 is 41.6. The van der Waals surface area contributed by atoms with Crippen LogP contribution >= 0.6 is 11.6 Å². The molecule has 0 bridgehead atoms. The second-order valence-electron chi connectivity index (χ2n) is 5.96. The fourth-order valence-electron chi connectivity index (χ4n) is 2.48. The molecule has 0 saturated carbocycles. The average molecular weight is 440 g/mol. The third-order valence-electron chi connectivity index (χ3n) is 4.00. The molecule has 1 aliphatic rings. The van der Waals surface area contributed by atoms with Crippen LogP contribution in [0.15, 0.2) is 46.4 Å². The van der Waals surface area contributed by atoms with Crippen molar-refractivity contribution in [2.45, 2.75) is 4.90 Å². The summed E-state index contributed by atoms with van der Waals surface area (Å²) in [5.74, 6) is 0.970. The zero-order chi connectivity index (χ0) is 21.0. The van der Waals surface area contributed by atoms with E-state index in [4.69, 9.17) is 25.8 Å². The highest BCUT2D eigenvalue weighted by Crippen LogP contribution is 2.32. The van der Waals surface area contributed by atoms with Gasteiger partial charge in [0.1, 0.15) is 5.75 Å². The van der Waals surface area contributed by atoms with Crippen molar-refractivity contribution < 1.29 is 27.4 Å². The van der Waals surface area contributed by atoms with E-state index in [1.807, 2.05) is 0 Å². The maximum atomic E-state index is 12.6. The molecule has 1 N–H and O–H groups in total. The van der Waals surface area contributed by atoms with Gasteiger partial charge in [-0.2, -0.15) is 9.41 Å². The molecule has 0 aromatic heterocycles. The molecule has 9 nitrogen and oxygen atoms in total. The predicted octanol–water partition coefficient (Wildman–Crippen LogP) is 1.85. The summed E-state index contributed by atoms with van der Waals surface area (Å²) in [6.45, 7) is -0.267. The number of ether oxygens (including phenoxy) is 3. The molecule has 2 aromatic rings. The minimum atomic E-state index is -3.92. The standard InChI is InChI=1S/C18H18ClN3O6S/c1-22(29(24,25)13-4-6-15(26-2)14(19)8-13)10-18(23)21-20-9-12-3-5-16-17(7-12)28-11-27-16/h3-9H,10-11H2,1-2H3,(H,21,23)/b20-9-. The van der Waals surface area contributed by atoms with Crippen LogP contribution in [0.3, 0.4) is 0 Å². The zero-order valence-electron chi connectivity index (χ0n) is 15.6. The van der Waals surface area contributed by atoms with Gasteiger partial charge >= 0.3 is 0 Å². The lowest BCUT2D eigenvalue weighted by Crippen LogP contribution is -2.36. The zero-order valence-corrected chi connectivity index (χ0v) is 17.2. The molecule has 1 aliphatic heterocycles. The molecule has 0 saturated heterocycles. The first-order chi connectivity index (χ1) is 13.8. The van der Waals surface area contributed by atoms with Gasteiger partial charge in [-0.15, -0.1) is 0 Å². The number of hydrogen-bond donors (Lipinski definition) is 1. The summed E-state index contributed by atoms with van der Waals surface area (Å²) in [4.78, 5) is 12.0. The quantitative estimate of drug-likeness (QED) is 0.521. The van der Waals surface area contributed by atoms with E-state index in [9.17, 15) is 13.2 Å². The highest BCUT2D eigenvalue weighted by molar-refractivity contribution is 7.89. The highest BCUT2D eigenvalue weighted by Gasteiger charge is 2.24. The topological polar surface area (TPSA) is 107 Å². The van der Waals surface area contributed by atoms with Crippen molar-refractivity contribution in [1.29, 1.82) is 0 Å². The number of nitrogens with one attached hydrogen (secondary N) is 1. The van der Waals surface area contributed by atoms with Crippen molar-refractivity contribution >= 4 is 33.7 Å². The number of nitrogens with zero attached hydrogens (tertiary/aromatic N) is 2. The largest absolute Gasteiger partial charge is 0.495 e. The lowest BCUT2D eigenvalue weighted by atomic mass is 10.2. The van der Waals surface area contributed by atoms with Crippen LogP contribution in [-0.2, 0) is 14.8 Å². The molecule has 0 spiro atoms. The lowest BCUT2D eigenvalue weighted by molar-refractivity contribution is -0.121. The van der Waals surface area contributed by atoms with Crippen molar-refractivity contribution in [3.63, 3.8) is 0 Å². The molecule has 0 aliphatic carbocycles. The number of benzene rings is 2. The Kier molecular flexibility index (Phi) is 6.26. The minimum absolute atomic E-state index is 0.0533. The first kappa shape index (κ1) is 20.9. The summed E-state index contributed by atoms with van der Waals surface area (Å²) in [5.41, 5.74) is 2.97. The Hall–Kier alpha value is -2.82. The number of hydrogen-bond acceptors (Lipinski definition) is 7. The van der Waals surface area contributed by atoms with Gasteiger partial charge in [0, 0.05) is 7.05 Å². The smallest absolute Gasteiger partial charge is 0.255 e. The maximum absolute atomic E-state index is 12.6. The fraction of sp³-hybridized carbons (Fsp3) is 0.222. The first-order valence-electron chi connectivity index (χ1n) is 8.32. The summed E-state index contributed by atoms with van der Waals surface area (Å²) in [6.07, 6.45) is 1.41. The third-order valence-corrected chi connectivity index (χ3v) is 6.09. The molecule has 1 amide bonds. The van der Waals surface area contributed by atoms with Crippen LogP contribution in [0.2, 0.25) is 5.02 Å². The van der Waals surface area contributed by atoms with Crippen LogP contribution in [0.25, 0.3) is 0 Å². The van der Waals surface area contributed by atoms with Crippen molar-refractivity contribution in [2.24, 2.45) is 5.10 Å². The number of amides is 1. The first-order valence-corrected chi connectivity index (χ1v) is 10.1. The Morgan fingerprint density at radius 2 is 2.03 bits per heavy atom. The molecule has 11 heteroatoms. The van der Waals surface area contributed by atoms with Crippen LogP contribution in [0, 0.1) is 0 Å². The van der Waals surface area contributed by atoms with Gasteiger partial charge in [-0.1, -0.05) is 11.6 Å². The van der Waals surface area contributed by atoms with Gasteiger partial charge in [0.25, 0.3) is 5.91 Å². The monoisotopic (exact) mass is 439 g/mol. The van der Waals surface area contributed by atoms with Gasteiger partial charge in [-0.25, -0.2) is 13.8 Å². The number of sulfonamides is 1. The van der Waals surface area contributed by atoms with Gasteiger partial charge < -0.3 is 14.2 Å². The van der Waals surface area contributed by atoms with E-state index in [0.29, 0.717) is 22.8 Å². The SMILES string of the molecule is COc1ccc(S(=O)(=O)N(C)CC(=O)N/N=C\c2ccc3c(c2)OCO3)cc1Cl. The number of fused-ring (bicyclic) bond motifs is 1. The van der Waals surface area contributed by atoms with Crippen molar-refractivity contribution in [3.05, 3.63) is 47.0 Å². The summed E-state index contributed by atoms with van der Waals surface area (Å²) in [6, 6.07) is 9.24. The van der Waals surface area contributed by atoms with E-state index in [-0.39, 0.29) is 16.7 Å². The summed E-state index contributed by atoms with van der Waals surface area (Å²) >= 11 is 5.98. The number of rotatable bonds is 7. The molecule has 1 heterocycles. The minimum Gasteiger partial charge on any atom is -0.495 e. The van der Waals surface area contributed by atoms with E-state index in [0.717, 1.165) is 4.31 Å². The Morgan fingerprint density at radius 1 is 1.28 bits per heavy atom. The van der Waals surface area contributed by atoms with Gasteiger partial charge in [-0.3, -0.25) is 4.79 Å². The summed E-state index contributed by atoms with van der Waals surface area (Å²) in [5, 5.41) is 3.98. The predicted molar refractivity (Wildman–Crippen MR) is 106 cm³/mol. The second-order valence-corrected chi connectivity index (χ2v) is 8.42. The van der Waals surface area contributed by atoms with E-state index in [1.54, 1.807) is 18.2 Å². The molecular formula is C18H18ClN3O6S. The number of hydrazone groups is 1. The molecule has 0 radical (unpaired) electrons. The summed E-state index contributed by atoms with van der Waals surface area (Å²) in [7, 11) is -1.20. The Bertz CT molecular complexity index is 1060.